The van der Waals surface area contributed by atoms with E-state index in [2.05, 4.69) is 15.8 Å². The number of hydrazine groups is 1. The highest BCUT2D eigenvalue weighted by Crippen LogP contribution is 2.18. The molecule has 0 bridgehead atoms. The van der Waals surface area contributed by atoms with E-state index in [1.54, 1.807) is 43.3 Å². The molecular formula is C21H21N3O4. The van der Waals surface area contributed by atoms with E-state index in [-0.39, 0.29) is 5.69 Å². The summed E-state index contributed by atoms with van der Waals surface area (Å²) < 4.78 is 10.9. The van der Waals surface area contributed by atoms with Gasteiger partial charge in [0.15, 0.2) is 6.10 Å². The van der Waals surface area contributed by atoms with Gasteiger partial charge in [-0.25, -0.2) is 4.98 Å². The summed E-state index contributed by atoms with van der Waals surface area (Å²) in [5.74, 6) is 0.256. The molecule has 3 rings (SSSR count). The van der Waals surface area contributed by atoms with Gasteiger partial charge < -0.3 is 9.47 Å². The number of pyridine rings is 1. The number of amides is 2. The summed E-state index contributed by atoms with van der Waals surface area (Å²) in [6, 6.07) is 17.8. The van der Waals surface area contributed by atoms with E-state index in [1.807, 2.05) is 31.2 Å². The molecule has 2 amide bonds. The minimum Gasteiger partial charge on any atom is -0.494 e. The zero-order chi connectivity index (χ0) is 19.9. The van der Waals surface area contributed by atoms with Gasteiger partial charge in [0.05, 0.1) is 12.1 Å². The van der Waals surface area contributed by atoms with Gasteiger partial charge in [0, 0.05) is 5.39 Å². The molecule has 0 aliphatic carbocycles. The molecule has 0 aliphatic rings. The Morgan fingerprint density at radius 3 is 2.43 bits per heavy atom. The molecule has 7 nitrogen and oxygen atoms in total. The van der Waals surface area contributed by atoms with Crippen LogP contribution in [0, 0.1) is 0 Å². The summed E-state index contributed by atoms with van der Waals surface area (Å²) in [7, 11) is 0. The van der Waals surface area contributed by atoms with Crippen LogP contribution in [-0.2, 0) is 4.79 Å². The van der Waals surface area contributed by atoms with Crippen molar-refractivity contribution in [1.82, 2.24) is 15.8 Å². The summed E-state index contributed by atoms with van der Waals surface area (Å²) in [6.45, 7) is 4.07. The van der Waals surface area contributed by atoms with E-state index in [0.717, 1.165) is 11.1 Å². The second-order valence-corrected chi connectivity index (χ2v) is 6.00. The maximum atomic E-state index is 12.2. The van der Waals surface area contributed by atoms with Crippen LogP contribution in [0.5, 0.6) is 11.5 Å². The summed E-state index contributed by atoms with van der Waals surface area (Å²) in [5, 5.41) is 0.931. The average molecular weight is 379 g/mol. The highest BCUT2D eigenvalue weighted by atomic mass is 16.5. The molecule has 0 fully saturated rings. The van der Waals surface area contributed by atoms with Crippen LogP contribution in [0.1, 0.15) is 24.3 Å². The van der Waals surface area contributed by atoms with Crippen molar-refractivity contribution >= 4 is 22.7 Å². The molecule has 28 heavy (non-hydrogen) atoms. The molecule has 3 aromatic rings. The Bertz CT molecular complexity index is 973. The number of nitrogens with zero attached hydrogens (tertiary/aromatic N) is 1. The zero-order valence-corrected chi connectivity index (χ0v) is 15.6. The second-order valence-electron chi connectivity index (χ2n) is 6.00. The maximum Gasteiger partial charge on any atom is 0.288 e. The lowest BCUT2D eigenvalue weighted by molar-refractivity contribution is -0.128. The summed E-state index contributed by atoms with van der Waals surface area (Å²) in [5.41, 5.74) is 5.62. The molecule has 0 spiro atoms. The van der Waals surface area contributed by atoms with Crippen molar-refractivity contribution in [2.75, 3.05) is 6.61 Å². The smallest absolute Gasteiger partial charge is 0.288 e. The van der Waals surface area contributed by atoms with Crippen molar-refractivity contribution < 1.29 is 19.1 Å². The topological polar surface area (TPSA) is 89.5 Å². The SMILES string of the molecule is CCOc1ccc(O[C@H](C)C(=O)NNC(=O)c2ccc3ccccc3n2)cc1. The molecule has 2 aromatic carbocycles. The van der Waals surface area contributed by atoms with Crippen LogP contribution in [0.25, 0.3) is 10.9 Å². The molecule has 144 valence electrons. The molecule has 2 N–H and O–H groups in total. The van der Waals surface area contributed by atoms with Crippen molar-refractivity contribution in [3.8, 4) is 11.5 Å². The fourth-order valence-electron chi connectivity index (χ4n) is 2.52. The van der Waals surface area contributed by atoms with Crippen LogP contribution in [0.15, 0.2) is 60.7 Å². The summed E-state index contributed by atoms with van der Waals surface area (Å²) in [4.78, 5) is 28.7. The highest BCUT2D eigenvalue weighted by molar-refractivity contribution is 5.96. The predicted octanol–water partition coefficient (Wildman–Crippen LogP) is 2.86. The van der Waals surface area contributed by atoms with Crippen molar-refractivity contribution in [3.05, 3.63) is 66.4 Å². The Labute approximate surface area is 162 Å². The third kappa shape index (κ3) is 4.76. The van der Waals surface area contributed by atoms with Crippen LogP contribution in [0.3, 0.4) is 0 Å². The first-order valence-electron chi connectivity index (χ1n) is 8.92. The van der Waals surface area contributed by atoms with E-state index in [1.165, 1.54) is 0 Å². The van der Waals surface area contributed by atoms with Crippen molar-refractivity contribution in [2.24, 2.45) is 0 Å². The minimum atomic E-state index is -0.803. The Balaban J connectivity index is 1.53. The standard InChI is InChI=1S/C21H21N3O4/c1-3-27-16-9-11-17(12-10-16)28-14(2)20(25)23-24-21(26)19-13-8-15-6-4-5-7-18(15)22-19/h4-14H,3H2,1-2H3,(H,23,25)(H,24,26)/t14-/m1/s1. The molecule has 1 atom stereocenters. The number of fused-ring (bicyclic) bond motifs is 1. The van der Waals surface area contributed by atoms with Crippen LogP contribution in [-0.4, -0.2) is 29.5 Å². The number of carbonyl (C=O) groups excluding carboxylic acids is 2. The van der Waals surface area contributed by atoms with Gasteiger partial charge >= 0.3 is 0 Å². The van der Waals surface area contributed by atoms with Gasteiger partial charge in [-0.05, 0) is 50.2 Å². The number of benzene rings is 2. The number of para-hydroxylation sites is 1. The van der Waals surface area contributed by atoms with Crippen molar-refractivity contribution in [1.29, 1.82) is 0 Å². The molecule has 1 heterocycles. The first-order valence-corrected chi connectivity index (χ1v) is 8.92. The van der Waals surface area contributed by atoms with Gasteiger partial charge in [0.25, 0.3) is 11.8 Å². The number of nitrogens with one attached hydrogen (secondary N) is 2. The average Bonchev–Trinajstić information content (AvgIpc) is 2.73. The second kappa shape index (κ2) is 8.85. The Morgan fingerprint density at radius 2 is 1.68 bits per heavy atom. The Kier molecular flexibility index (Phi) is 6.06. The number of ether oxygens (including phenoxy) is 2. The lowest BCUT2D eigenvalue weighted by Gasteiger charge is -2.15. The highest BCUT2D eigenvalue weighted by Gasteiger charge is 2.16. The quantitative estimate of drug-likeness (QED) is 0.643. The lowest BCUT2D eigenvalue weighted by atomic mass is 10.2. The first kappa shape index (κ1) is 19.2. The van der Waals surface area contributed by atoms with Gasteiger partial charge in [0.1, 0.15) is 17.2 Å². The number of aromatic nitrogens is 1. The predicted molar refractivity (Wildman–Crippen MR) is 105 cm³/mol. The van der Waals surface area contributed by atoms with Crippen molar-refractivity contribution in [2.45, 2.75) is 20.0 Å². The maximum absolute atomic E-state index is 12.2. The van der Waals surface area contributed by atoms with E-state index >= 15 is 0 Å². The van der Waals surface area contributed by atoms with Crippen LogP contribution in [0.4, 0.5) is 0 Å². The number of rotatable bonds is 6. The van der Waals surface area contributed by atoms with Crippen molar-refractivity contribution in [3.63, 3.8) is 0 Å². The zero-order valence-electron chi connectivity index (χ0n) is 15.6. The van der Waals surface area contributed by atoms with Crippen LogP contribution in [0.2, 0.25) is 0 Å². The van der Waals surface area contributed by atoms with Gasteiger partial charge in [0.2, 0.25) is 0 Å². The molecule has 0 saturated carbocycles. The lowest BCUT2D eigenvalue weighted by Crippen LogP contribution is -2.47. The third-order valence-corrected chi connectivity index (χ3v) is 3.95. The van der Waals surface area contributed by atoms with E-state index < -0.39 is 17.9 Å². The molecule has 0 radical (unpaired) electrons. The number of hydrogen-bond acceptors (Lipinski definition) is 5. The number of hydrogen-bond donors (Lipinski definition) is 2. The molecule has 0 aliphatic heterocycles. The molecule has 0 unspecified atom stereocenters. The summed E-state index contributed by atoms with van der Waals surface area (Å²) >= 11 is 0. The van der Waals surface area contributed by atoms with Gasteiger partial charge in [-0.15, -0.1) is 0 Å². The Hall–Kier alpha value is -3.61. The van der Waals surface area contributed by atoms with Gasteiger partial charge in [-0.2, -0.15) is 0 Å². The molecule has 0 saturated heterocycles. The minimum absolute atomic E-state index is 0.207. The normalized spacial score (nSPS) is 11.5. The monoisotopic (exact) mass is 379 g/mol. The summed E-state index contributed by atoms with van der Waals surface area (Å²) in [6.07, 6.45) is -0.803. The number of carbonyl (C=O) groups is 2. The van der Waals surface area contributed by atoms with Crippen LogP contribution < -0.4 is 20.3 Å². The van der Waals surface area contributed by atoms with E-state index in [9.17, 15) is 9.59 Å². The molecule has 1 aromatic heterocycles. The fraction of sp³-hybridized carbons (Fsp3) is 0.190. The Morgan fingerprint density at radius 1 is 0.964 bits per heavy atom. The molecule has 7 heteroatoms. The van der Waals surface area contributed by atoms with Crippen LogP contribution >= 0.6 is 0 Å². The molecular weight excluding hydrogens is 358 g/mol. The van der Waals surface area contributed by atoms with E-state index in [4.69, 9.17) is 9.47 Å². The van der Waals surface area contributed by atoms with Gasteiger partial charge in [-0.1, -0.05) is 24.3 Å². The van der Waals surface area contributed by atoms with E-state index in [0.29, 0.717) is 17.9 Å². The first-order chi connectivity index (χ1) is 13.6. The largest absolute Gasteiger partial charge is 0.494 e. The third-order valence-electron chi connectivity index (χ3n) is 3.95. The fourth-order valence-corrected chi connectivity index (χ4v) is 2.52. The van der Waals surface area contributed by atoms with Gasteiger partial charge in [-0.3, -0.25) is 20.4 Å².